The van der Waals surface area contributed by atoms with Crippen LogP contribution in [0.3, 0.4) is 0 Å². The first-order valence-corrected chi connectivity index (χ1v) is 8.68. The molecule has 0 amide bonds. The molecule has 7 heteroatoms. The number of pyridine rings is 1. The van der Waals surface area contributed by atoms with Crippen LogP contribution in [0, 0.1) is 5.92 Å². The van der Waals surface area contributed by atoms with Gasteiger partial charge >= 0.3 is 5.97 Å². The smallest absolute Gasteiger partial charge is 0.308 e. The van der Waals surface area contributed by atoms with E-state index < -0.39 is 21.9 Å². The van der Waals surface area contributed by atoms with E-state index in [1.807, 2.05) is 6.92 Å². The van der Waals surface area contributed by atoms with Gasteiger partial charge in [-0.05, 0) is 18.6 Å². The number of rotatable bonds is 6. The van der Waals surface area contributed by atoms with Crippen molar-refractivity contribution in [3.05, 3.63) is 30.1 Å². The van der Waals surface area contributed by atoms with Gasteiger partial charge in [-0.2, -0.15) is 0 Å². The van der Waals surface area contributed by atoms with Crippen molar-refractivity contribution in [2.75, 3.05) is 18.8 Å². The average molecular weight is 312 g/mol. The molecule has 116 valence electrons. The predicted molar refractivity (Wildman–Crippen MR) is 78.4 cm³/mol. The summed E-state index contributed by atoms with van der Waals surface area (Å²) >= 11 is 0. The Hall–Kier alpha value is -1.47. The van der Waals surface area contributed by atoms with E-state index >= 15 is 0 Å². The van der Waals surface area contributed by atoms with Gasteiger partial charge < -0.3 is 5.11 Å². The SMILES string of the molecule is CCCCS(=O)(=O)N1C[C@H](C(=O)O)[C@@H](c2ccccn2)C1. The number of nitrogens with zero attached hydrogens (tertiary/aromatic N) is 2. The van der Waals surface area contributed by atoms with Crippen molar-refractivity contribution in [2.45, 2.75) is 25.7 Å². The van der Waals surface area contributed by atoms with E-state index in [1.54, 1.807) is 24.4 Å². The zero-order valence-corrected chi connectivity index (χ0v) is 12.8. The molecule has 0 bridgehead atoms. The van der Waals surface area contributed by atoms with Crippen LogP contribution in [-0.2, 0) is 14.8 Å². The summed E-state index contributed by atoms with van der Waals surface area (Å²) in [6.45, 7) is 2.15. The van der Waals surface area contributed by atoms with E-state index in [1.165, 1.54) is 4.31 Å². The molecule has 2 rings (SSSR count). The Labute approximate surface area is 124 Å². The summed E-state index contributed by atoms with van der Waals surface area (Å²) in [5, 5.41) is 9.36. The molecule has 2 atom stereocenters. The minimum absolute atomic E-state index is 0.0304. The molecule has 1 aromatic heterocycles. The maximum Gasteiger partial charge on any atom is 0.308 e. The predicted octanol–water partition coefficient (Wildman–Crippen LogP) is 1.31. The number of sulfonamides is 1. The summed E-state index contributed by atoms with van der Waals surface area (Å²) in [6.07, 6.45) is 2.98. The van der Waals surface area contributed by atoms with E-state index in [4.69, 9.17) is 0 Å². The zero-order valence-electron chi connectivity index (χ0n) is 12.0. The van der Waals surface area contributed by atoms with Crippen LogP contribution in [0.1, 0.15) is 31.4 Å². The molecule has 1 fully saturated rings. The third-order valence-corrected chi connectivity index (χ3v) is 5.71. The fourth-order valence-electron chi connectivity index (χ4n) is 2.60. The molecule has 1 aliphatic rings. The number of aliphatic carboxylic acids is 1. The average Bonchev–Trinajstić information content (AvgIpc) is 2.92. The van der Waals surface area contributed by atoms with Crippen molar-refractivity contribution in [3.8, 4) is 0 Å². The van der Waals surface area contributed by atoms with Gasteiger partial charge in [0.2, 0.25) is 10.0 Å². The van der Waals surface area contributed by atoms with Gasteiger partial charge in [-0.3, -0.25) is 9.78 Å². The van der Waals surface area contributed by atoms with Crippen LogP contribution in [0.15, 0.2) is 24.4 Å². The molecule has 0 unspecified atom stereocenters. The van der Waals surface area contributed by atoms with Crippen LogP contribution in [0.25, 0.3) is 0 Å². The van der Waals surface area contributed by atoms with Gasteiger partial charge in [0, 0.05) is 30.9 Å². The summed E-state index contributed by atoms with van der Waals surface area (Å²) in [5.41, 5.74) is 0.637. The molecule has 0 saturated carbocycles. The Morgan fingerprint density at radius 2 is 2.19 bits per heavy atom. The largest absolute Gasteiger partial charge is 0.481 e. The molecular weight excluding hydrogens is 292 g/mol. The first kappa shape index (κ1) is 15.9. The molecular formula is C14H20N2O4S. The Kier molecular flexibility index (Phi) is 4.95. The van der Waals surface area contributed by atoms with E-state index in [-0.39, 0.29) is 24.8 Å². The van der Waals surface area contributed by atoms with E-state index in [0.29, 0.717) is 12.1 Å². The molecule has 0 aliphatic carbocycles. The van der Waals surface area contributed by atoms with Gasteiger partial charge in [-0.25, -0.2) is 12.7 Å². The van der Waals surface area contributed by atoms with Gasteiger partial charge in [0.25, 0.3) is 0 Å². The summed E-state index contributed by atoms with van der Waals surface area (Å²) in [5.74, 6) is -2.03. The first-order chi connectivity index (χ1) is 9.95. The highest BCUT2D eigenvalue weighted by atomic mass is 32.2. The van der Waals surface area contributed by atoms with Crippen LogP contribution in [-0.4, -0.2) is 47.6 Å². The summed E-state index contributed by atoms with van der Waals surface area (Å²) < 4.78 is 25.8. The molecule has 1 aromatic rings. The second-order valence-corrected chi connectivity index (χ2v) is 7.38. The van der Waals surface area contributed by atoms with Crippen molar-refractivity contribution in [1.29, 1.82) is 0 Å². The van der Waals surface area contributed by atoms with Crippen LogP contribution >= 0.6 is 0 Å². The second-order valence-electron chi connectivity index (χ2n) is 5.29. The molecule has 1 N–H and O–H groups in total. The molecule has 1 aliphatic heterocycles. The summed E-state index contributed by atoms with van der Waals surface area (Å²) in [7, 11) is -3.39. The first-order valence-electron chi connectivity index (χ1n) is 7.07. The number of carbonyl (C=O) groups is 1. The minimum Gasteiger partial charge on any atom is -0.481 e. The number of carboxylic acids is 1. The lowest BCUT2D eigenvalue weighted by Crippen LogP contribution is -2.32. The van der Waals surface area contributed by atoms with Crippen LogP contribution in [0.2, 0.25) is 0 Å². The van der Waals surface area contributed by atoms with E-state index in [9.17, 15) is 18.3 Å². The molecule has 1 saturated heterocycles. The standard InChI is InChI=1S/C14H20N2O4S/c1-2-3-8-21(19,20)16-9-11(12(10-16)14(17)18)13-6-4-5-7-15-13/h4-7,11-12H,2-3,8-10H2,1H3,(H,17,18)/t11-,12-/m0/s1. The highest BCUT2D eigenvalue weighted by Gasteiger charge is 2.43. The Bertz CT molecular complexity index is 588. The lowest BCUT2D eigenvalue weighted by Gasteiger charge is -2.16. The lowest BCUT2D eigenvalue weighted by molar-refractivity contribution is -0.141. The Balaban J connectivity index is 2.22. The molecule has 0 aromatic carbocycles. The van der Waals surface area contributed by atoms with E-state index in [0.717, 1.165) is 6.42 Å². The van der Waals surface area contributed by atoms with Crippen molar-refractivity contribution in [2.24, 2.45) is 5.92 Å². The maximum atomic E-state index is 12.2. The van der Waals surface area contributed by atoms with Gasteiger partial charge in [0.05, 0.1) is 11.7 Å². The quantitative estimate of drug-likeness (QED) is 0.855. The molecule has 2 heterocycles. The number of aromatic nitrogens is 1. The van der Waals surface area contributed by atoms with Crippen molar-refractivity contribution < 1.29 is 18.3 Å². The van der Waals surface area contributed by atoms with Crippen molar-refractivity contribution in [1.82, 2.24) is 9.29 Å². The molecule has 6 nitrogen and oxygen atoms in total. The number of unbranched alkanes of at least 4 members (excludes halogenated alkanes) is 1. The highest BCUT2D eigenvalue weighted by molar-refractivity contribution is 7.89. The second kappa shape index (κ2) is 6.53. The fourth-order valence-corrected chi connectivity index (χ4v) is 4.28. The maximum absolute atomic E-state index is 12.2. The molecule has 0 radical (unpaired) electrons. The number of carboxylic acid groups (broad SMARTS) is 1. The lowest BCUT2D eigenvalue weighted by atomic mass is 9.93. The van der Waals surface area contributed by atoms with Gasteiger partial charge in [0.1, 0.15) is 0 Å². The third-order valence-electron chi connectivity index (χ3n) is 3.82. The minimum atomic E-state index is -3.39. The monoisotopic (exact) mass is 312 g/mol. The normalized spacial score (nSPS) is 23.3. The zero-order chi connectivity index (χ0) is 15.5. The number of hydrogen-bond acceptors (Lipinski definition) is 4. The Morgan fingerprint density at radius 3 is 2.76 bits per heavy atom. The van der Waals surface area contributed by atoms with Crippen LogP contribution < -0.4 is 0 Å². The molecule has 21 heavy (non-hydrogen) atoms. The fraction of sp³-hybridized carbons (Fsp3) is 0.571. The third kappa shape index (κ3) is 3.59. The van der Waals surface area contributed by atoms with E-state index in [2.05, 4.69) is 4.98 Å². The van der Waals surface area contributed by atoms with Crippen LogP contribution in [0.5, 0.6) is 0 Å². The van der Waals surface area contributed by atoms with Crippen LogP contribution in [0.4, 0.5) is 0 Å². The summed E-state index contributed by atoms with van der Waals surface area (Å²) in [4.78, 5) is 15.6. The highest BCUT2D eigenvalue weighted by Crippen LogP contribution is 2.33. The van der Waals surface area contributed by atoms with Gasteiger partial charge in [-0.15, -0.1) is 0 Å². The number of hydrogen-bond donors (Lipinski definition) is 1. The Morgan fingerprint density at radius 1 is 1.43 bits per heavy atom. The topological polar surface area (TPSA) is 87.6 Å². The summed E-state index contributed by atoms with van der Waals surface area (Å²) in [6, 6.07) is 5.29. The molecule has 0 spiro atoms. The van der Waals surface area contributed by atoms with Crippen molar-refractivity contribution >= 4 is 16.0 Å². The van der Waals surface area contributed by atoms with Gasteiger partial charge in [0.15, 0.2) is 0 Å². The van der Waals surface area contributed by atoms with Gasteiger partial charge in [-0.1, -0.05) is 19.4 Å². The van der Waals surface area contributed by atoms with Crippen molar-refractivity contribution in [3.63, 3.8) is 0 Å².